The normalized spacial score (nSPS) is 16.9. The lowest BCUT2D eigenvalue weighted by atomic mass is 10.1. The molecule has 1 aromatic rings. The van der Waals surface area contributed by atoms with E-state index < -0.39 is 6.03 Å². The molecule has 5 heteroatoms. The van der Waals surface area contributed by atoms with Gasteiger partial charge < -0.3 is 16.4 Å². The maximum absolute atomic E-state index is 11.8. The molecule has 0 fully saturated rings. The predicted molar refractivity (Wildman–Crippen MR) is 78.0 cm³/mol. The number of carbonyl (C=O) groups is 2. The van der Waals surface area contributed by atoms with Crippen molar-refractivity contribution in [3.63, 3.8) is 0 Å². The molecular formula is C15H19N3O2. The number of anilines is 1. The van der Waals surface area contributed by atoms with Crippen molar-refractivity contribution >= 4 is 17.6 Å². The van der Waals surface area contributed by atoms with Crippen LogP contribution in [0.1, 0.15) is 24.8 Å². The van der Waals surface area contributed by atoms with E-state index in [1.807, 2.05) is 12.1 Å². The highest BCUT2D eigenvalue weighted by Crippen LogP contribution is 2.20. The number of primary amides is 1. The third-order valence-electron chi connectivity index (χ3n) is 3.27. The molecule has 0 aliphatic heterocycles. The fourth-order valence-electron chi connectivity index (χ4n) is 2.22. The van der Waals surface area contributed by atoms with Gasteiger partial charge in [-0.15, -0.1) is 0 Å². The lowest BCUT2D eigenvalue weighted by Gasteiger charge is -2.09. The summed E-state index contributed by atoms with van der Waals surface area (Å²) in [6, 6.07) is 6.62. The Morgan fingerprint density at radius 2 is 2.00 bits per heavy atom. The average molecular weight is 273 g/mol. The number of urea groups is 1. The van der Waals surface area contributed by atoms with Crippen molar-refractivity contribution in [1.82, 2.24) is 5.32 Å². The van der Waals surface area contributed by atoms with Crippen LogP contribution in [0.25, 0.3) is 0 Å². The van der Waals surface area contributed by atoms with Crippen LogP contribution in [0.4, 0.5) is 10.5 Å². The molecule has 0 spiro atoms. The number of allylic oxidation sites excluding steroid dienone is 2. The van der Waals surface area contributed by atoms with Gasteiger partial charge in [0, 0.05) is 18.7 Å². The Morgan fingerprint density at radius 3 is 2.60 bits per heavy atom. The van der Waals surface area contributed by atoms with Gasteiger partial charge in [-0.25, -0.2) is 4.79 Å². The van der Waals surface area contributed by atoms with E-state index in [1.165, 1.54) is 0 Å². The van der Waals surface area contributed by atoms with E-state index in [0.29, 0.717) is 24.6 Å². The fraction of sp³-hybridized carbons (Fsp3) is 0.333. The first-order valence-electron chi connectivity index (χ1n) is 6.72. The minimum atomic E-state index is -0.587. The zero-order chi connectivity index (χ0) is 14.4. The summed E-state index contributed by atoms with van der Waals surface area (Å²) in [5.74, 6) is 0.457. The highest BCUT2D eigenvalue weighted by atomic mass is 16.2. The number of carbonyl (C=O) groups excluding carboxylic acids is 2. The van der Waals surface area contributed by atoms with Crippen LogP contribution in [0.2, 0.25) is 0 Å². The van der Waals surface area contributed by atoms with Gasteiger partial charge in [-0.3, -0.25) is 4.79 Å². The van der Waals surface area contributed by atoms with Gasteiger partial charge in [0.2, 0.25) is 5.91 Å². The molecule has 0 unspecified atom stereocenters. The summed E-state index contributed by atoms with van der Waals surface area (Å²) < 4.78 is 0. The highest BCUT2D eigenvalue weighted by Gasteiger charge is 2.13. The first-order valence-corrected chi connectivity index (χ1v) is 6.72. The van der Waals surface area contributed by atoms with Gasteiger partial charge in [-0.2, -0.15) is 0 Å². The summed E-state index contributed by atoms with van der Waals surface area (Å²) in [6.45, 7) is 0.492. The lowest BCUT2D eigenvalue weighted by molar-refractivity contribution is -0.121. The smallest absolute Gasteiger partial charge is 0.316 e. The number of amides is 3. The number of nitrogens with two attached hydrogens (primary N) is 1. The second-order valence-electron chi connectivity index (χ2n) is 4.93. The molecule has 20 heavy (non-hydrogen) atoms. The Bertz CT molecular complexity index is 508. The molecule has 1 atom stereocenters. The number of benzene rings is 1. The molecule has 1 aliphatic carbocycles. The molecule has 0 radical (unpaired) electrons. The Morgan fingerprint density at radius 1 is 1.25 bits per heavy atom. The fourth-order valence-corrected chi connectivity index (χ4v) is 2.22. The molecule has 0 saturated carbocycles. The predicted octanol–water partition coefficient (Wildman–Crippen LogP) is 2.15. The maximum atomic E-state index is 11.8. The van der Waals surface area contributed by atoms with Gasteiger partial charge in [0.05, 0.1) is 0 Å². The summed E-state index contributed by atoms with van der Waals surface area (Å²) in [5, 5.41) is 5.39. The van der Waals surface area contributed by atoms with E-state index in [-0.39, 0.29) is 5.91 Å². The largest absolute Gasteiger partial charge is 0.352 e. The molecule has 2 rings (SSSR count). The van der Waals surface area contributed by atoms with E-state index in [2.05, 4.69) is 22.8 Å². The molecule has 0 bridgehead atoms. The third-order valence-corrected chi connectivity index (χ3v) is 3.27. The van der Waals surface area contributed by atoms with Crippen LogP contribution in [-0.4, -0.2) is 11.9 Å². The molecular weight excluding hydrogens is 254 g/mol. The molecule has 1 aromatic carbocycles. The Kier molecular flexibility index (Phi) is 4.76. The first-order chi connectivity index (χ1) is 9.63. The van der Waals surface area contributed by atoms with Crippen LogP contribution in [-0.2, 0) is 11.3 Å². The Hall–Kier alpha value is -2.30. The van der Waals surface area contributed by atoms with Crippen LogP contribution in [0.5, 0.6) is 0 Å². The van der Waals surface area contributed by atoms with Crippen molar-refractivity contribution in [2.45, 2.75) is 25.8 Å². The van der Waals surface area contributed by atoms with Crippen molar-refractivity contribution in [1.29, 1.82) is 0 Å². The minimum absolute atomic E-state index is 0.0703. The van der Waals surface area contributed by atoms with Crippen molar-refractivity contribution in [3.8, 4) is 0 Å². The summed E-state index contributed by atoms with van der Waals surface area (Å²) in [7, 11) is 0. The van der Waals surface area contributed by atoms with Gasteiger partial charge in [-0.1, -0.05) is 24.3 Å². The van der Waals surface area contributed by atoms with Crippen LogP contribution < -0.4 is 16.4 Å². The Balaban J connectivity index is 1.76. The third kappa shape index (κ3) is 4.42. The molecule has 1 aliphatic rings. The standard InChI is InChI=1S/C15H19N3O2/c16-15(20)18-13-7-5-12(6-8-13)10-17-14(19)9-11-3-1-2-4-11/h1,3,5-8,11H,2,4,9-10H2,(H,17,19)(H3,16,18,20)/t11-/m1/s1. The van der Waals surface area contributed by atoms with E-state index in [4.69, 9.17) is 5.73 Å². The number of nitrogens with one attached hydrogen (secondary N) is 2. The zero-order valence-electron chi connectivity index (χ0n) is 11.3. The number of rotatable bonds is 5. The van der Waals surface area contributed by atoms with Crippen LogP contribution in [0.15, 0.2) is 36.4 Å². The molecule has 0 saturated heterocycles. The SMILES string of the molecule is NC(=O)Nc1ccc(CNC(=O)C[C@@H]2C=CCC2)cc1. The molecule has 4 N–H and O–H groups in total. The van der Waals surface area contributed by atoms with E-state index in [0.717, 1.165) is 18.4 Å². The van der Waals surface area contributed by atoms with Crippen LogP contribution in [0.3, 0.4) is 0 Å². The van der Waals surface area contributed by atoms with Crippen LogP contribution >= 0.6 is 0 Å². The zero-order valence-corrected chi connectivity index (χ0v) is 11.3. The van der Waals surface area contributed by atoms with Gasteiger partial charge >= 0.3 is 6.03 Å². The number of hydrogen-bond donors (Lipinski definition) is 3. The summed E-state index contributed by atoms with van der Waals surface area (Å²) >= 11 is 0. The number of hydrogen-bond acceptors (Lipinski definition) is 2. The highest BCUT2D eigenvalue weighted by molar-refractivity contribution is 5.87. The molecule has 5 nitrogen and oxygen atoms in total. The van der Waals surface area contributed by atoms with Crippen LogP contribution in [0, 0.1) is 5.92 Å². The maximum Gasteiger partial charge on any atom is 0.316 e. The van der Waals surface area contributed by atoms with Crippen molar-refractivity contribution < 1.29 is 9.59 Å². The van der Waals surface area contributed by atoms with E-state index in [9.17, 15) is 9.59 Å². The van der Waals surface area contributed by atoms with Crippen molar-refractivity contribution in [2.75, 3.05) is 5.32 Å². The minimum Gasteiger partial charge on any atom is -0.352 e. The molecule has 0 aromatic heterocycles. The first kappa shape index (κ1) is 14.1. The molecule has 106 valence electrons. The lowest BCUT2D eigenvalue weighted by Crippen LogP contribution is -2.24. The topological polar surface area (TPSA) is 84.2 Å². The van der Waals surface area contributed by atoms with E-state index in [1.54, 1.807) is 12.1 Å². The van der Waals surface area contributed by atoms with Gasteiger partial charge in [-0.05, 0) is 36.5 Å². The van der Waals surface area contributed by atoms with Gasteiger partial charge in [0.25, 0.3) is 0 Å². The van der Waals surface area contributed by atoms with Gasteiger partial charge in [0.1, 0.15) is 0 Å². The monoisotopic (exact) mass is 273 g/mol. The summed E-state index contributed by atoms with van der Waals surface area (Å²) in [4.78, 5) is 22.4. The average Bonchev–Trinajstić information content (AvgIpc) is 2.90. The van der Waals surface area contributed by atoms with Gasteiger partial charge in [0.15, 0.2) is 0 Å². The van der Waals surface area contributed by atoms with Crippen molar-refractivity contribution in [2.24, 2.45) is 11.7 Å². The summed E-state index contributed by atoms with van der Waals surface area (Å²) in [5.41, 5.74) is 6.65. The quantitative estimate of drug-likeness (QED) is 0.718. The summed E-state index contributed by atoms with van der Waals surface area (Å²) in [6.07, 6.45) is 6.94. The van der Waals surface area contributed by atoms with E-state index >= 15 is 0 Å². The molecule has 3 amide bonds. The second-order valence-corrected chi connectivity index (χ2v) is 4.93. The van der Waals surface area contributed by atoms with Crippen molar-refractivity contribution in [3.05, 3.63) is 42.0 Å². The Labute approximate surface area is 118 Å². The molecule has 0 heterocycles. The second kappa shape index (κ2) is 6.75.